The van der Waals surface area contributed by atoms with Gasteiger partial charge in [-0.15, -0.1) is 11.3 Å². The molecule has 1 aliphatic heterocycles. The van der Waals surface area contributed by atoms with Crippen molar-refractivity contribution in [3.05, 3.63) is 45.3 Å². The quantitative estimate of drug-likeness (QED) is 0.866. The summed E-state index contributed by atoms with van der Waals surface area (Å²) in [7, 11) is 0. The van der Waals surface area contributed by atoms with E-state index >= 15 is 0 Å². The van der Waals surface area contributed by atoms with Crippen LogP contribution in [0.1, 0.15) is 38.8 Å². The van der Waals surface area contributed by atoms with Crippen molar-refractivity contribution < 1.29 is 9.59 Å². The highest BCUT2D eigenvalue weighted by Gasteiger charge is 2.25. The van der Waals surface area contributed by atoms with Gasteiger partial charge in [0.05, 0.1) is 10.6 Å². The highest BCUT2D eigenvalue weighted by molar-refractivity contribution is 7.16. The summed E-state index contributed by atoms with van der Waals surface area (Å²) in [5, 5.41) is 0.575. The van der Waals surface area contributed by atoms with Crippen LogP contribution in [0.4, 0.5) is 10.7 Å². The summed E-state index contributed by atoms with van der Waals surface area (Å²) in [6.45, 7) is 6.15. The third-order valence-electron chi connectivity index (χ3n) is 4.26. The molecule has 2 N–H and O–H groups in total. The van der Waals surface area contributed by atoms with Crippen LogP contribution in [0.5, 0.6) is 0 Å². The average molecular weight is 314 g/mol. The van der Waals surface area contributed by atoms with Gasteiger partial charge in [0, 0.05) is 29.6 Å². The lowest BCUT2D eigenvalue weighted by Gasteiger charge is -2.14. The molecular weight excluding hydrogens is 296 g/mol. The van der Waals surface area contributed by atoms with Crippen LogP contribution in [-0.4, -0.2) is 18.2 Å². The Kier molecular flexibility index (Phi) is 3.53. The van der Waals surface area contributed by atoms with Crippen LogP contribution in [0.2, 0.25) is 0 Å². The molecule has 1 amide bonds. The van der Waals surface area contributed by atoms with Gasteiger partial charge in [-0.3, -0.25) is 9.59 Å². The second-order valence-corrected chi connectivity index (χ2v) is 6.87. The van der Waals surface area contributed by atoms with E-state index in [4.69, 9.17) is 5.73 Å². The Hall–Kier alpha value is -2.14. The molecule has 22 heavy (non-hydrogen) atoms. The molecule has 2 heterocycles. The molecule has 2 aromatic rings. The van der Waals surface area contributed by atoms with Crippen LogP contribution in [0.3, 0.4) is 0 Å². The van der Waals surface area contributed by atoms with Crippen LogP contribution >= 0.6 is 11.3 Å². The normalized spacial score (nSPS) is 13.3. The molecule has 1 aromatic carbocycles. The lowest BCUT2D eigenvalue weighted by atomic mass is 9.98. The second-order valence-electron chi connectivity index (χ2n) is 5.62. The molecule has 5 heteroatoms. The van der Waals surface area contributed by atoms with E-state index in [1.165, 1.54) is 11.3 Å². The number of nitrogens with zero attached hydrogens (tertiary/aromatic N) is 1. The summed E-state index contributed by atoms with van der Waals surface area (Å²) in [6.07, 6.45) is 0.785. The number of carbonyl (C=O) groups is 2. The lowest BCUT2D eigenvalue weighted by Crippen LogP contribution is -2.25. The number of thiophene rings is 1. The first-order chi connectivity index (χ1) is 10.4. The highest BCUT2D eigenvalue weighted by atomic mass is 32.1. The Balaban J connectivity index is 2.00. The number of fused-ring (bicyclic) bond motifs is 1. The van der Waals surface area contributed by atoms with Gasteiger partial charge in [0.15, 0.2) is 5.78 Å². The van der Waals surface area contributed by atoms with Crippen LogP contribution in [-0.2, 0) is 11.2 Å². The number of amides is 1. The van der Waals surface area contributed by atoms with Crippen LogP contribution < -0.4 is 10.6 Å². The Labute approximate surface area is 133 Å². The molecule has 1 aromatic heterocycles. The number of aryl methyl sites for hydroxylation is 1. The fraction of sp³-hybridized carbons (Fsp3) is 0.294. The Bertz CT molecular complexity index is 792. The zero-order valence-corrected chi connectivity index (χ0v) is 13.7. The first-order valence-electron chi connectivity index (χ1n) is 7.21. The van der Waals surface area contributed by atoms with Crippen molar-refractivity contribution in [2.24, 2.45) is 0 Å². The van der Waals surface area contributed by atoms with Crippen molar-refractivity contribution in [1.29, 1.82) is 0 Å². The number of hydrogen-bond acceptors (Lipinski definition) is 4. The van der Waals surface area contributed by atoms with E-state index in [0.717, 1.165) is 28.1 Å². The Morgan fingerprint density at radius 1 is 1.27 bits per heavy atom. The molecule has 3 rings (SSSR count). The fourth-order valence-corrected chi connectivity index (χ4v) is 3.88. The Morgan fingerprint density at radius 2 is 2.00 bits per heavy atom. The summed E-state index contributed by atoms with van der Waals surface area (Å²) < 4.78 is 0. The molecule has 0 saturated carbocycles. The van der Waals surface area contributed by atoms with Crippen molar-refractivity contribution >= 4 is 33.7 Å². The van der Waals surface area contributed by atoms with E-state index in [2.05, 4.69) is 0 Å². The summed E-state index contributed by atoms with van der Waals surface area (Å²) >= 11 is 1.45. The minimum Gasteiger partial charge on any atom is -0.390 e. The number of nitrogen functional groups attached to an aromatic ring is 1. The smallest absolute Gasteiger partial charge is 0.223 e. The number of anilines is 2. The minimum atomic E-state index is -0.0385. The lowest BCUT2D eigenvalue weighted by molar-refractivity contribution is -0.116. The third kappa shape index (κ3) is 2.22. The molecule has 4 nitrogen and oxygen atoms in total. The van der Waals surface area contributed by atoms with E-state index in [1.807, 2.05) is 26.0 Å². The molecule has 1 aliphatic rings. The summed E-state index contributed by atoms with van der Waals surface area (Å²) in [4.78, 5) is 27.2. The van der Waals surface area contributed by atoms with Crippen LogP contribution in [0, 0.1) is 13.8 Å². The number of rotatable bonds is 2. The van der Waals surface area contributed by atoms with Crippen molar-refractivity contribution in [3.8, 4) is 0 Å². The van der Waals surface area contributed by atoms with Gasteiger partial charge >= 0.3 is 0 Å². The van der Waals surface area contributed by atoms with Gasteiger partial charge in [0.2, 0.25) is 5.91 Å². The van der Waals surface area contributed by atoms with Gasteiger partial charge in [-0.1, -0.05) is 0 Å². The summed E-state index contributed by atoms with van der Waals surface area (Å²) in [5.74, 6) is -0.00482. The highest BCUT2D eigenvalue weighted by Crippen LogP contribution is 2.34. The predicted octanol–water partition coefficient (Wildman–Crippen LogP) is 3.09. The molecule has 0 atom stereocenters. The molecular formula is C17H18N2O2S. The van der Waals surface area contributed by atoms with Gasteiger partial charge in [0.1, 0.15) is 0 Å². The summed E-state index contributed by atoms with van der Waals surface area (Å²) in [5.41, 5.74) is 10.2. The standard InChI is InChI=1S/C17H18N2O2S/c1-9-10(2)22-17(18)15(9)16(21)13-4-5-14-12(8-13)6-7-19(14)11(3)20/h4-5,8H,6-7,18H2,1-3H3. The van der Waals surface area contributed by atoms with Crippen LogP contribution in [0.25, 0.3) is 0 Å². The van der Waals surface area contributed by atoms with Gasteiger partial charge in [-0.25, -0.2) is 0 Å². The maximum atomic E-state index is 12.8. The van der Waals surface area contributed by atoms with E-state index in [1.54, 1.807) is 17.9 Å². The van der Waals surface area contributed by atoms with Gasteiger partial charge in [-0.05, 0) is 49.6 Å². The van der Waals surface area contributed by atoms with Crippen molar-refractivity contribution in [2.75, 3.05) is 17.2 Å². The molecule has 0 spiro atoms. The monoisotopic (exact) mass is 314 g/mol. The zero-order chi connectivity index (χ0) is 16.0. The number of benzene rings is 1. The molecule has 114 valence electrons. The topological polar surface area (TPSA) is 63.4 Å². The number of carbonyl (C=O) groups excluding carboxylic acids is 2. The summed E-state index contributed by atoms with van der Waals surface area (Å²) in [6, 6.07) is 5.54. The third-order valence-corrected chi connectivity index (χ3v) is 5.29. The minimum absolute atomic E-state index is 0.0337. The SMILES string of the molecule is CC(=O)N1CCc2cc(C(=O)c3c(N)sc(C)c3C)ccc21. The maximum Gasteiger partial charge on any atom is 0.223 e. The number of hydrogen-bond donors (Lipinski definition) is 1. The van der Waals surface area contributed by atoms with Crippen molar-refractivity contribution in [3.63, 3.8) is 0 Å². The van der Waals surface area contributed by atoms with Crippen molar-refractivity contribution in [2.45, 2.75) is 27.2 Å². The molecule has 0 fully saturated rings. The average Bonchev–Trinajstić information content (AvgIpc) is 2.99. The van der Waals surface area contributed by atoms with E-state index in [0.29, 0.717) is 22.7 Å². The first-order valence-corrected chi connectivity index (χ1v) is 8.03. The van der Waals surface area contributed by atoms with Gasteiger partial charge in [-0.2, -0.15) is 0 Å². The largest absolute Gasteiger partial charge is 0.390 e. The number of nitrogens with two attached hydrogens (primary N) is 1. The van der Waals surface area contributed by atoms with Gasteiger partial charge in [0.25, 0.3) is 0 Å². The molecule has 0 saturated heterocycles. The first kappa shape index (κ1) is 14.8. The molecule has 0 aliphatic carbocycles. The molecule has 0 radical (unpaired) electrons. The number of ketones is 1. The van der Waals surface area contributed by atoms with E-state index < -0.39 is 0 Å². The second kappa shape index (κ2) is 5.25. The van der Waals surface area contributed by atoms with E-state index in [9.17, 15) is 9.59 Å². The maximum absolute atomic E-state index is 12.8. The van der Waals surface area contributed by atoms with Gasteiger partial charge < -0.3 is 10.6 Å². The van der Waals surface area contributed by atoms with Crippen molar-refractivity contribution in [1.82, 2.24) is 0 Å². The van der Waals surface area contributed by atoms with E-state index in [-0.39, 0.29) is 11.7 Å². The molecule has 0 bridgehead atoms. The zero-order valence-electron chi connectivity index (χ0n) is 12.9. The predicted molar refractivity (Wildman–Crippen MR) is 89.8 cm³/mol. The Morgan fingerprint density at radius 3 is 2.59 bits per heavy atom. The van der Waals surface area contributed by atoms with Crippen LogP contribution in [0.15, 0.2) is 18.2 Å². The molecule has 0 unspecified atom stereocenters. The fourth-order valence-electron chi connectivity index (χ4n) is 2.95.